The zero-order chi connectivity index (χ0) is 11.4. The third-order valence-corrected chi connectivity index (χ3v) is 3.72. The maximum atomic E-state index is 4.23. The average molecular weight is 285 g/mol. The Labute approximate surface area is 104 Å². The SMILES string of the molecule is CNC1CCC(Nc2ncncc2Br)CC1. The van der Waals surface area contributed by atoms with Crippen LogP contribution in [0, 0.1) is 0 Å². The number of hydrogen-bond donors (Lipinski definition) is 2. The number of nitrogens with zero attached hydrogens (tertiary/aromatic N) is 2. The van der Waals surface area contributed by atoms with Gasteiger partial charge in [0.25, 0.3) is 0 Å². The number of nitrogens with one attached hydrogen (secondary N) is 2. The summed E-state index contributed by atoms with van der Waals surface area (Å²) in [5.74, 6) is 0.905. The van der Waals surface area contributed by atoms with E-state index in [0.717, 1.165) is 10.3 Å². The quantitative estimate of drug-likeness (QED) is 0.893. The molecule has 0 saturated heterocycles. The molecule has 0 atom stereocenters. The molecule has 4 nitrogen and oxygen atoms in total. The van der Waals surface area contributed by atoms with Gasteiger partial charge in [-0.1, -0.05) is 0 Å². The Morgan fingerprint density at radius 2 is 1.94 bits per heavy atom. The van der Waals surface area contributed by atoms with Gasteiger partial charge in [0.1, 0.15) is 12.1 Å². The Morgan fingerprint density at radius 1 is 1.25 bits per heavy atom. The highest BCUT2D eigenvalue weighted by Crippen LogP contribution is 2.24. The highest BCUT2D eigenvalue weighted by Gasteiger charge is 2.20. The third kappa shape index (κ3) is 2.92. The van der Waals surface area contributed by atoms with Crippen LogP contribution in [-0.2, 0) is 0 Å². The molecule has 2 rings (SSSR count). The molecule has 1 aliphatic rings. The number of hydrogen-bond acceptors (Lipinski definition) is 4. The number of aromatic nitrogens is 2. The molecule has 1 fully saturated rings. The van der Waals surface area contributed by atoms with Gasteiger partial charge in [-0.3, -0.25) is 0 Å². The predicted octanol–water partition coefficient (Wildman–Crippen LogP) is 2.18. The average Bonchev–Trinajstić information content (AvgIpc) is 2.33. The molecule has 0 bridgehead atoms. The largest absolute Gasteiger partial charge is 0.366 e. The highest BCUT2D eigenvalue weighted by molar-refractivity contribution is 9.10. The van der Waals surface area contributed by atoms with Crippen LogP contribution in [-0.4, -0.2) is 29.1 Å². The van der Waals surface area contributed by atoms with Crippen LogP contribution in [0.1, 0.15) is 25.7 Å². The Morgan fingerprint density at radius 3 is 2.56 bits per heavy atom. The minimum Gasteiger partial charge on any atom is -0.366 e. The molecule has 0 aromatic carbocycles. The van der Waals surface area contributed by atoms with Crippen molar-refractivity contribution in [3.05, 3.63) is 17.0 Å². The zero-order valence-corrected chi connectivity index (χ0v) is 11.0. The molecule has 16 heavy (non-hydrogen) atoms. The fourth-order valence-corrected chi connectivity index (χ4v) is 2.47. The predicted molar refractivity (Wildman–Crippen MR) is 68.5 cm³/mol. The summed E-state index contributed by atoms with van der Waals surface area (Å²) in [7, 11) is 2.04. The van der Waals surface area contributed by atoms with E-state index in [2.05, 4.69) is 36.5 Å². The van der Waals surface area contributed by atoms with E-state index >= 15 is 0 Å². The molecule has 1 aromatic heterocycles. The second-order valence-corrected chi connectivity index (χ2v) is 5.06. The van der Waals surface area contributed by atoms with Gasteiger partial charge in [0.2, 0.25) is 0 Å². The molecular formula is C11H17BrN4. The van der Waals surface area contributed by atoms with Crippen molar-refractivity contribution in [2.24, 2.45) is 0 Å². The lowest BCUT2D eigenvalue weighted by molar-refractivity contribution is 0.371. The van der Waals surface area contributed by atoms with Crippen LogP contribution in [0.25, 0.3) is 0 Å². The van der Waals surface area contributed by atoms with Gasteiger partial charge in [-0.15, -0.1) is 0 Å². The molecule has 1 aliphatic carbocycles. The molecule has 1 aromatic rings. The van der Waals surface area contributed by atoms with Gasteiger partial charge in [0, 0.05) is 18.3 Å². The molecule has 5 heteroatoms. The van der Waals surface area contributed by atoms with Gasteiger partial charge in [-0.2, -0.15) is 0 Å². The topological polar surface area (TPSA) is 49.8 Å². The fourth-order valence-electron chi connectivity index (χ4n) is 2.14. The second-order valence-electron chi connectivity index (χ2n) is 4.20. The van der Waals surface area contributed by atoms with E-state index < -0.39 is 0 Å². The van der Waals surface area contributed by atoms with Crippen LogP contribution in [0.5, 0.6) is 0 Å². The first-order valence-electron chi connectivity index (χ1n) is 5.69. The van der Waals surface area contributed by atoms with Crippen LogP contribution in [0.2, 0.25) is 0 Å². The number of rotatable bonds is 3. The van der Waals surface area contributed by atoms with Crippen molar-refractivity contribution in [3.8, 4) is 0 Å². The van der Waals surface area contributed by atoms with Gasteiger partial charge >= 0.3 is 0 Å². The summed E-state index contributed by atoms with van der Waals surface area (Å²) < 4.78 is 0.936. The lowest BCUT2D eigenvalue weighted by Gasteiger charge is -2.29. The van der Waals surface area contributed by atoms with E-state index in [-0.39, 0.29) is 0 Å². The van der Waals surface area contributed by atoms with Gasteiger partial charge in [0.05, 0.1) is 4.47 Å². The van der Waals surface area contributed by atoms with E-state index in [9.17, 15) is 0 Å². The summed E-state index contributed by atoms with van der Waals surface area (Å²) in [6.07, 6.45) is 8.21. The van der Waals surface area contributed by atoms with Gasteiger partial charge in [0.15, 0.2) is 0 Å². The molecule has 0 radical (unpaired) electrons. The normalized spacial score (nSPS) is 25.4. The summed E-state index contributed by atoms with van der Waals surface area (Å²) in [6.45, 7) is 0. The highest BCUT2D eigenvalue weighted by atomic mass is 79.9. The molecule has 0 unspecified atom stereocenters. The molecule has 0 amide bonds. The van der Waals surface area contributed by atoms with Crippen LogP contribution in [0.4, 0.5) is 5.82 Å². The first kappa shape index (κ1) is 11.8. The monoisotopic (exact) mass is 284 g/mol. The molecule has 88 valence electrons. The van der Waals surface area contributed by atoms with Crippen molar-refractivity contribution in [1.29, 1.82) is 0 Å². The summed E-state index contributed by atoms with van der Waals surface area (Å²) in [5, 5.41) is 6.81. The molecule has 0 spiro atoms. The minimum atomic E-state index is 0.538. The molecular weight excluding hydrogens is 268 g/mol. The summed E-state index contributed by atoms with van der Waals surface area (Å²) in [4.78, 5) is 8.18. The molecule has 1 saturated carbocycles. The lowest BCUT2D eigenvalue weighted by Crippen LogP contribution is -2.35. The summed E-state index contributed by atoms with van der Waals surface area (Å²) in [5.41, 5.74) is 0. The van der Waals surface area contributed by atoms with Crippen LogP contribution >= 0.6 is 15.9 Å². The van der Waals surface area contributed by atoms with Gasteiger partial charge in [-0.05, 0) is 48.7 Å². The first-order valence-corrected chi connectivity index (χ1v) is 6.48. The van der Waals surface area contributed by atoms with Crippen molar-refractivity contribution in [2.45, 2.75) is 37.8 Å². The van der Waals surface area contributed by atoms with Gasteiger partial charge < -0.3 is 10.6 Å². The van der Waals surface area contributed by atoms with E-state index in [1.807, 2.05) is 7.05 Å². The van der Waals surface area contributed by atoms with E-state index in [4.69, 9.17) is 0 Å². The van der Waals surface area contributed by atoms with Crippen LogP contribution in [0.15, 0.2) is 17.0 Å². The summed E-state index contributed by atoms with van der Waals surface area (Å²) in [6, 6.07) is 1.22. The molecule has 0 aliphatic heterocycles. The Hall–Kier alpha value is -0.680. The molecule has 1 heterocycles. The Kier molecular flexibility index (Phi) is 4.12. The van der Waals surface area contributed by atoms with Crippen molar-refractivity contribution < 1.29 is 0 Å². The van der Waals surface area contributed by atoms with Crippen LogP contribution in [0.3, 0.4) is 0 Å². The number of halogens is 1. The van der Waals surface area contributed by atoms with E-state index in [1.54, 1.807) is 12.5 Å². The standard InChI is InChI=1S/C11H17BrN4/c1-13-8-2-4-9(5-3-8)16-11-10(12)6-14-7-15-11/h6-9,13H,2-5H2,1H3,(H,14,15,16). The van der Waals surface area contributed by atoms with Crippen molar-refractivity contribution in [1.82, 2.24) is 15.3 Å². The maximum Gasteiger partial charge on any atom is 0.143 e. The van der Waals surface area contributed by atoms with E-state index in [0.29, 0.717) is 12.1 Å². The van der Waals surface area contributed by atoms with Crippen molar-refractivity contribution >= 4 is 21.7 Å². The first-order chi connectivity index (χ1) is 7.79. The van der Waals surface area contributed by atoms with Crippen molar-refractivity contribution in [3.63, 3.8) is 0 Å². The third-order valence-electron chi connectivity index (χ3n) is 3.14. The van der Waals surface area contributed by atoms with Crippen molar-refractivity contribution in [2.75, 3.05) is 12.4 Å². The van der Waals surface area contributed by atoms with Crippen LogP contribution < -0.4 is 10.6 Å². The maximum absolute atomic E-state index is 4.23. The number of anilines is 1. The van der Waals surface area contributed by atoms with Gasteiger partial charge in [-0.25, -0.2) is 9.97 Å². The second kappa shape index (κ2) is 5.59. The Bertz CT molecular complexity index is 337. The lowest BCUT2D eigenvalue weighted by atomic mass is 9.91. The molecule has 2 N–H and O–H groups in total. The Balaban J connectivity index is 1.89. The zero-order valence-electron chi connectivity index (χ0n) is 9.41. The van der Waals surface area contributed by atoms with E-state index in [1.165, 1.54) is 25.7 Å². The fraction of sp³-hybridized carbons (Fsp3) is 0.636. The summed E-state index contributed by atoms with van der Waals surface area (Å²) >= 11 is 3.45. The minimum absolute atomic E-state index is 0.538. The smallest absolute Gasteiger partial charge is 0.143 e.